The average molecular weight is 456 g/mol. The molecule has 2 aliphatic rings. The van der Waals surface area contributed by atoms with Crippen molar-refractivity contribution in [2.24, 2.45) is 0 Å². The molecule has 0 unspecified atom stereocenters. The van der Waals surface area contributed by atoms with Gasteiger partial charge < -0.3 is 30.8 Å². The Balaban J connectivity index is 1.50. The molecule has 0 atom stereocenters. The number of hydrogen-bond acceptors (Lipinski definition) is 10. The molecule has 1 saturated heterocycles. The van der Waals surface area contributed by atoms with Crippen molar-refractivity contribution in [2.75, 3.05) is 41.9 Å². The van der Waals surface area contributed by atoms with E-state index in [0.717, 1.165) is 11.3 Å². The van der Waals surface area contributed by atoms with Crippen molar-refractivity contribution < 1.29 is 9.64 Å². The fraction of sp³-hybridized carbons (Fsp3) is 0.200. The van der Waals surface area contributed by atoms with Crippen molar-refractivity contribution in [1.29, 1.82) is 0 Å². The zero-order valence-electron chi connectivity index (χ0n) is 16.9. The van der Waals surface area contributed by atoms with Crippen LogP contribution in [0.15, 0.2) is 60.3 Å². The van der Waals surface area contributed by atoms with Crippen LogP contribution in [0.2, 0.25) is 5.02 Å². The molecule has 166 valence electrons. The zero-order valence-corrected chi connectivity index (χ0v) is 17.6. The highest BCUT2D eigenvalue weighted by molar-refractivity contribution is 6.30. The van der Waals surface area contributed by atoms with Gasteiger partial charge in [-0.3, -0.25) is 5.43 Å². The van der Waals surface area contributed by atoms with Gasteiger partial charge in [-0.05, 0) is 42.0 Å². The number of aromatic nitrogens is 3. The summed E-state index contributed by atoms with van der Waals surface area (Å²) in [5.74, 6) is 1.18. The van der Waals surface area contributed by atoms with Gasteiger partial charge in [0.1, 0.15) is 0 Å². The van der Waals surface area contributed by atoms with Gasteiger partial charge in [-0.15, -0.1) is 0 Å². The van der Waals surface area contributed by atoms with Crippen LogP contribution in [0.5, 0.6) is 0 Å². The summed E-state index contributed by atoms with van der Waals surface area (Å²) in [5.41, 5.74) is 7.39. The molecule has 1 fully saturated rings. The Bertz CT molecular complexity index is 1060. The van der Waals surface area contributed by atoms with E-state index < -0.39 is 4.90 Å². The number of rotatable bonds is 6. The number of nitrogens with one attached hydrogen (secondary N) is 3. The third-order valence-corrected chi connectivity index (χ3v) is 4.80. The molecule has 0 radical (unpaired) electrons. The molecule has 1 aromatic heterocycles. The number of halogens is 1. The number of morpholine rings is 1. The number of hydrogen-bond donors (Lipinski definition) is 3. The molecule has 11 nitrogen and oxygen atoms in total. The second kappa shape index (κ2) is 9.98. The van der Waals surface area contributed by atoms with Gasteiger partial charge in [0.2, 0.25) is 23.6 Å². The van der Waals surface area contributed by atoms with Crippen molar-refractivity contribution in [3.63, 3.8) is 0 Å². The van der Waals surface area contributed by atoms with E-state index in [2.05, 4.69) is 31.1 Å². The maximum absolute atomic E-state index is 10.8. The van der Waals surface area contributed by atoms with Crippen LogP contribution in [0, 0.1) is 10.4 Å². The van der Waals surface area contributed by atoms with Crippen LogP contribution in [0.4, 0.5) is 23.5 Å². The van der Waals surface area contributed by atoms with Crippen LogP contribution in [0.1, 0.15) is 0 Å². The summed E-state index contributed by atoms with van der Waals surface area (Å²) in [4.78, 5) is 15.0. The SMILES string of the molecule is [O-][N+]([O-])=C1C=CC(=CNNc2nc(Nc3ccc(Cl)cc3)nc(N3CCOCC3)n2)C=C1. The summed E-state index contributed by atoms with van der Waals surface area (Å²) < 4.78 is 5.41. The largest absolute Gasteiger partial charge is 0.612 e. The first-order valence-corrected chi connectivity index (χ1v) is 10.2. The summed E-state index contributed by atoms with van der Waals surface area (Å²) in [6.45, 7) is 2.54. The Hall–Kier alpha value is -3.83. The number of ether oxygens (including phenoxy) is 1. The van der Waals surface area contributed by atoms with Gasteiger partial charge in [0.05, 0.1) is 13.2 Å². The molecule has 1 aliphatic carbocycles. The molecule has 0 saturated carbocycles. The van der Waals surface area contributed by atoms with E-state index in [-0.39, 0.29) is 5.71 Å². The molecule has 2 heterocycles. The highest BCUT2D eigenvalue weighted by Gasteiger charge is 2.16. The first-order chi connectivity index (χ1) is 15.6. The topological polar surface area (TPSA) is 136 Å². The van der Waals surface area contributed by atoms with E-state index in [1.54, 1.807) is 30.5 Å². The van der Waals surface area contributed by atoms with Gasteiger partial charge in [0.25, 0.3) is 0 Å². The van der Waals surface area contributed by atoms with E-state index in [0.29, 0.717) is 49.2 Å². The minimum Gasteiger partial charge on any atom is -0.612 e. The summed E-state index contributed by atoms with van der Waals surface area (Å²) in [7, 11) is 0. The van der Waals surface area contributed by atoms with Gasteiger partial charge in [-0.2, -0.15) is 19.9 Å². The van der Waals surface area contributed by atoms with Gasteiger partial charge >= 0.3 is 0 Å². The first kappa shape index (κ1) is 21.4. The van der Waals surface area contributed by atoms with Gasteiger partial charge in [-0.1, -0.05) is 11.6 Å². The molecule has 2 aromatic rings. The normalized spacial score (nSPS) is 15.5. The standard InChI is InChI=1S/C20H20ClN8O3/c21-15-3-5-16(6-4-15)23-18-24-19(26-20(25-18)28-9-11-32-12-10-28)27-22-13-14-1-7-17(8-2-14)29(30)31/h1-8,13,22H,9-12H2,(H2-,23,24,25,26,27,30,31)/q-1. The lowest BCUT2D eigenvalue weighted by Crippen LogP contribution is -2.37. The molecule has 0 amide bonds. The highest BCUT2D eigenvalue weighted by atomic mass is 35.5. The first-order valence-electron chi connectivity index (χ1n) is 9.77. The van der Waals surface area contributed by atoms with Gasteiger partial charge in [0.15, 0.2) is 0 Å². The Morgan fingerprint density at radius 2 is 1.66 bits per heavy atom. The number of hydrazine groups is 1. The van der Waals surface area contributed by atoms with E-state index in [9.17, 15) is 10.4 Å². The van der Waals surface area contributed by atoms with Crippen LogP contribution in [-0.2, 0) is 4.74 Å². The lowest BCUT2D eigenvalue weighted by atomic mass is 10.1. The minimum atomic E-state index is -0.442. The maximum atomic E-state index is 10.8. The van der Waals surface area contributed by atoms with E-state index in [1.807, 2.05) is 17.0 Å². The molecule has 1 aromatic carbocycles. The fourth-order valence-corrected chi connectivity index (χ4v) is 3.05. The van der Waals surface area contributed by atoms with Crippen LogP contribution < -0.4 is 21.1 Å². The van der Waals surface area contributed by atoms with Crippen molar-refractivity contribution in [3.05, 3.63) is 75.8 Å². The van der Waals surface area contributed by atoms with Crippen molar-refractivity contribution >= 4 is 40.8 Å². The number of nitrogens with zero attached hydrogens (tertiary/aromatic N) is 5. The van der Waals surface area contributed by atoms with E-state index in [1.165, 1.54) is 12.2 Å². The molecule has 0 bridgehead atoms. The predicted octanol–water partition coefficient (Wildman–Crippen LogP) is 2.48. The molecule has 1 aliphatic heterocycles. The quantitative estimate of drug-likeness (QED) is 0.440. The molecular weight excluding hydrogens is 436 g/mol. The molecule has 0 spiro atoms. The summed E-state index contributed by atoms with van der Waals surface area (Å²) in [6.07, 6.45) is 7.77. The lowest BCUT2D eigenvalue weighted by molar-refractivity contribution is -0.377. The van der Waals surface area contributed by atoms with Crippen LogP contribution >= 0.6 is 11.6 Å². The molecular formula is C20H20ClN8O3-. The number of anilines is 4. The third kappa shape index (κ3) is 5.65. The Morgan fingerprint density at radius 3 is 2.34 bits per heavy atom. The number of benzene rings is 1. The smallest absolute Gasteiger partial charge is 0.248 e. The Kier molecular flexibility index (Phi) is 6.68. The zero-order chi connectivity index (χ0) is 22.3. The fourth-order valence-electron chi connectivity index (χ4n) is 2.92. The second-order valence-corrected chi connectivity index (χ2v) is 7.21. The molecule has 4 rings (SSSR count). The molecule has 3 N–H and O–H groups in total. The van der Waals surface area contributed by atoms with Gasteiger partial charge in [-0.25, -0.2) is 0 Å². The average Bonchev–Trinajstić information content (AvgIpc) is 2.81. The summed E-state index contributed by atoms with van der Waals surface area (Å²) >= 11 is 5.96. The lowest BCUT2D eigenvalue weighted by Gasteiger charge is -2.27. The van der Waals surface area contributed by atoms with Crippen molar-refractivity contribution in [3.8, 4) is 0 Å². The Labute approximate surface area is 188 Å². The minimum absolute atomic E-state index is 0.0284. The molecule has 12 heteroatoms. The molecule has 32 heavy (non-hydrogen) atoms. The number of allylic oxidation sites excluding steroid dienone is 5. The summed E-state index contributed by atoms with van der Waals surface area (Å²) in [6, 6.07) is 7.20. The third-order valence-electron chi connectivity index (χ3n) is 4.54. The monoisotopic (exact) mass is 455 g/mol. The Morgan fingerprint density at radius 1 is 0.969 bits per heavy atom. The van der Waals surface area contributed by atoms with Crippen LogP contribution in [0.3, 0.4) is 0 Å². The van der Waals surface area contributed by atoms with Crippen LogP contribution in [-0.4, -0.2) is 51.9 Å². The van der Waals surface area contributed by atoms with Gasteiger partial charge in [0, 0.05) is 42.2 Å². The van der Waals surface area contributed by atoms with Crippen molar-refractivity contribution in [2.45, 2.75) is 0 Å². The van der Waals surface area contributed by atoms with Crippen molar-refractivity contribution in [1.82, 2.24) is 20.4 Å². The highest BCUT2D eigenvalue weighted by Crippen LogP contribution is 2.20. The van der Waals surface area contributed by atoms with Crippen LogP contribution in [0.25, 0.3) is 0 Å². The predicted molar refractivity (Wildman–Crippen MR) is 123 cm³/mol. The maximum Gasteiger partial charge on any atom is 0.248 e. The summed E-state index contributed by atoms with van der Waals surface area (Å²) in [5, 5.41) is 25.3. The second-order valence-electron chi connectivity index (χ2n) is 6.78. The van der Waals surface area contributed by atoms with E-state index in [4.69, 9.17) is 16.3 Å². The van der Waals surface area contributed by atoms with E-state index >= 15 is 0 Å².